The van der Waals surface area contributed by atoms with Gasteiger partial charge < -0.3 is 0 Å². The highest BCUT2D eigenvalue weighted by molar-refractivity contribution is 5.94. The van der Waals surface area contributed by atoms with Crippen LogP contribution in [0.15, 0.2) is 48.7 Å². The molecule has 0 atom stereocenters. The first-order valence-corrected chi connectivity index (χ1v) is 7.97. The number of rotatable bonds is 2. The molecule has 0 saturated heterocycles. The Morgan fingerprint density at radius 1 is 0.909 bits per heavy atom. The van der Waals surface area contributed by atoms with Crippen LogP contribution in [0.3, 0.4) is 0 Å². The Morgan fingerprint density at radius 2 is 1.68 bits per heavy atom. The standard InChI is InChI=1S/C21H24N/c1-14(2)18-9-8-17-10-11-22(5)21(20(17)13-18)19-12-15(3)6-7-16(19)4/h6-14H,1-5H3/q+1. The molecule has 0 spiro atoms. The molecule has 1 aromatic heterocycles. The molecule has 0 fully saturated rings. The number of nitrogens with zero attached hydrogens (tertiary/aromatic N) is 1. The van der Waals surface area contributed by atoms with Gasteiger partial charge in [-0.15, -0.1) is 0 Å². The molecular weight excluding hydrogens is 266 g/mol. The molecule has 3 aromatic rings. The van der Waals surface area contributed by atoms with Crippen LogP contribution in [0.2, 0.25) is 0 Å². The zero-order valence-electron chi connectivity index (χ0n) is 14.1. The molecule has 0 aliphatic carbocycles. The first-order valence-electron chi connectivity index (χ1n) is 7.97. The molecule has 0 N–H and O–H groups in total. The summed E-state index contributed by atoms with van der Waals surface area (Å²) in [4.78, 5) is 0. The molecular formula is C21H24N+. The van der Waals surface area contributed by atoms with Gasteiger partial charge in [0.1, 0.15) is 7.05 Å². The van der Waals surface area contributed by atoms with Crippen molar-refractivity contribution in [3.05, 3.63) is 65.4 Å². The third-order valence-corrected chi connectivity index (χ3v) is 4.48. The number of hydrogen-bond acceptors (Lipinski definition) is 0. The highest BCUT2D eigenvalue weighted by Crippen LogP contribution is 2.30. The van der Waals surface area contributed by atoms with Crippen LogP contribution in [0.4, 0.5) is 0 Å². The number of hydrogen-bond donors (Lipinski definition) is 0. The Balaban J connectivity index is 2.38. The van der Waals surface area contributed by atoms with Crippen molar-refractivity contribution in [1.82, 2.24) is 0 Å². The molecule has 112 valence electrons. The van der Waals surface area contributed by atoms with E-state index in [1.165, 1.54) is 38.7 Å². The summed E-state index contributed by atoms with van der Waals surface area (Å²) in [6.45, 7) is 8.86. The minimum Gasteiger partial charge on any atom is -0.200 e. The van der Waals surface area contributed by atoms with Crippen LogP contribution in [-0.4, -0.2) is 0 Å². The summed E-state index contributed by atoms with van der Waals surface area (Å²) in [6, 6.07) is 15.8. The molecule has 0 bridgehead atoms. The van der Waals surface area contributed by atoms with Crippen molar-refractivity contribution >= 4 is 10.8 Å². The van der Waals surface area contributed by atoms with E-state index in [1.807, 2.05) is 0 Å². The van der Waals surface area contributed by atoms with Gasteiger partial charge in [0, 0.05) is 11.6 Å². The van der Waals surface area contributed by atoms with Crippen LogP contribution >= 0.6 is 0 Å². The van der Waals surface area contributed by atoms with Crippen molar-refractivity contribution in [3.8, 4) is 11.3 Å². The van der Waals surface area contributed by atoms with Crippen molar-refractivity contribution in [2.75, 3.05) is 0 Å². The fraction of sp³-hybridized carbons (Fsp3) is 0.286. The lowest BCUT2D eigenvalue weighted by molar-refractivity contribution is -0.659. The second-order valence-corrected chi connectivity index (χ2v) is 6.60. The van der Waals surface area contributed by atoms with Gasteiger partial charge in [-0.05, 0) is 48.4 Å². The van der Waals surface area contributed by atoms with Crippen LogP contribution in [0, 0.1) is 13.8 Å². The topological polar surface area (TPSA) is 3.88 Å². The first-order chi connectivity index (χ1) is 10.5. The van der Waals surface area contributed by atoms with Gasteiger partial charge in [-0.3, -0.25) is 0 Å². The van der Waals surface area contributed by atoms with Gasteiger partial charge in [-0.2, -0.15) is 0 Å². The third kappa shape index (κ3) is 2.52. The summed E-state index contributed by atoms with van der Waals surface area (Å²) in [7, 11) is 2.14. The van der Waals surface area contributed by atoms with E-state index in [0.29, 0.717) is 5.92 Å². The van der Waals surface area contributed by atoms with E-state index in [4.69, 9.17) is 0 Å². The first kappa shape index (κ1) is 14.8. The molecule has 1 heterocycles. The van der Waals surface area contributed by atoms with E-state index in [-0.39, 0.29) is 0 Å². The van der Waals surface area contributed by atoms with Gasteiger partial charge in [0.2, 0.25) is 5.69 Å². The third-order valence-electron chi connectivity index (χ3n) is 4.48. The number of fused-ring (bicyclic) bond motifs is 1. The van der Waals surface area contributed by atoms with Crippen LogP contribution in [-0.2, 0) is 7.05 Å². The monoisotopic (exact) mass is 290 g/mol. The lowest BCUT2D eigenvalue weighted by atomic mass is 9.94. The van der Waals surface area contributed by atoms with E-state index < -0.39 is 0 Å². The van der Waals surface area contributed by atoms with Gasteiger partial charge in [0.15, 0.2) is 6.20 Å². The zero-order chi connectivity index (χ0) is 15.9. The predicted octanol–water partition coefficient (Wildman–Crippen LogP) is 5.07. The van der Waals surface area contributed by atoms with Gasteiger partial charge in [-0.1, -0.05) is 43.7 Å². The zero-order valence-corrected chi connectivity index (χ0v) is 14.1. The molecule has 0 unspecified atom stereocenters. The highest BCUT2D eigenvalue weighted by Gasteiger charge is 2.17. The smallest absolute Gasteiger partial charge is 0.200 e. The molecule has 1 heteroatoms. The van der Waals surface area contributed by atoms with E-state index in [0.717, 1.165) is 0 Å². The lowest BCUT2D eigenvalue weighted by Gasteiger charge is -2.11. The van der Waals surface area contributed by atoms with Crippen molar-refractivity contribution in [2.24, 2.45) is 7.05 Å². The minimum absolute atomic E-state index is 0.543. The second kappa shape index (κ2) is 5.57. The van der Waals surface area contributed by atoms with Crippen molar-refractivity contribution in [1.29, 1.82) is 0 Å². The van der Waals surface area contributed by atoms with Gasteiger partial charge in [-0.25, -0.2) is 4.57 Å². The number of benzene rings is 2. The number of pyridine rings is 1. The molecule has 1 nitrogen and oxygen atoms in total. The maximum Gasteiger partial charge on any atom is 0.220 e. The quantitative estimate of drug-likeness (QED) is 0.580. The SMILES string of the molecule is Cc1ccc(C)c(-c2c3cc(C(C)C)ccc3cc[n+]2C)c1. The van der Waals surface area contributed by atoms with Gasteiger partial charge >= 0.3 is 0 Å². The summed E-state index contributed by atoms with van der Waals surface area (Å²) in [5, 5.41) is 2.64. The second-order valence-electron chi connectivity index (χ2n) is 6.60. The Labute approximate surface area is 133 Å². The Kier molecular flexibility index (Phi) is 3.74. The van der Waals surface area contributed by atoms with Crippen LogP contribution < -0.4 is 4.57 Å². The van der Waals surface area contributed by atoms with Gasteiger partial charge in [0.25, 0.3) is 0 Å². The maximum absolute atomic E-state index is 2.36. The average molecular weight is 290 g/mol. The van der Waals surface area contributed by atoms with E-state index in [1.54, 1.807) is 0 Å². The molecule has 0 aliphatic rings. The molecule has 2 aromatic carbocycles. The van der Waals surface area contributed by atoms with Crippen LogP contribution in [0.1, 0.15) is 36.5 Å². The molecule has 0 aliphatic heterocycles. The summed E-state index contributed by atoms with van der Waals surface area (Å²) >= 11 is 0. The lowest BCUT2D eigenvalue weighted by Crippen LogP contribution is -2.30. The van der Waals surface area contributed by atoms with Gasteiger partial charge in [0.05, 0.1) is 5.39 Å². The molecule has 0 amide bonds. The minimum atomic E-state index is 0.543. The maximum atomic E-state index is 2.36. The molecule has 22 heavy (non-hydrogen) atoms. The number of aromatic nitrogens is 1. The largest absolute Gasteiger partial charge is 0.220 e. The van der Waals surface area contributed by atoms with Crippen molar-refractivity contribution < 1.29 is 4.57 Å². The van der Waals surface area contributed by atoms with Crippen molar-refractivity contribution in [2.45, 2.75) is 33.6 Å². The highest BCUT2D eigenvalue weighted by atomic mass is 14.9. The predicted molar refractivity (Wildman–Crippen MR) is 94.1 cm³/mol. The fourth-order valence-electron chi connectivity index (χ4n) is 3.07. The average Bonchev–Trinajstić information content (AvgIpc) is 2.49. The summed E-state index contributed by atoms with van der Waals surface area (Å²) < 4.78 is 2.24. The van der Waals surface area contributed by atoms with E-state index >= 15 is 0 Å². The molecule has 3 rings (SSSR count). The fourth-order valence-corrected chi connectivity index (χ4v) is 3.07. The molecule has 0 radical (unpaired) electrons. The van der Waals surface area contributed by atoms with E-state index in [2.05, 4.69) is 88.0 Å². The summed E-state index contributed by atoms with van der Waals surface area (Å²) in [5.74, 6) is 0.543. The summed E-state index contributed by atoms with van der Waals surface area (Å²) in [6.07, 6.45) is 2.16. The normalized spacial score (nSPS) is 11.4. The van der Waals surface area contributed by atoms with E-state index in [9.17, 15) is 0 Å². The summed E-state index contributed by atoms with van der Waals surface area (Å²) in [5.41, 5.74) is 6.65. The van der Waals surface area contributed by atoms with Crippen LogP contribution in [0.25, 0.3) is 22.0 Å². The van der Waals surface area contributed by atoms with Crippen molar-refractivity contribution in [3.63, 3.8) is 0 Å². The Hall–Kier alpha value is -2.15. The van der Waals surface area contributed by atoms with Crippen LogP contribution in [0.5, 0.6) is 0 Å². The Bertz CT molecular complexity index is 844. The molecule has 0 saturated carbocycles. The number of aryl methyl sites for hydroxylation is 3. The Morgan fingerprint density at radius 3 is 2.41 bits per heavy atom.